The number of rotatable bonds is 5. The summed E-state index contributed by atoms with van der Waals surface area (Å²) in [6.07, 6.45) is 1.84. The Kier molecular flexibility index (Phi) is 4.96. The van der Waals surface area contributed by atoms with Crippen molar-refractivity contribution in [3.63, 3.8) is 0 Å². The number of Topliss-reactive ketones (excluding diaryl/α,β-unsaturated/α-hetero) is 1. The van der Waals surface area contributed by atoms with Gasteiger partial charge in [-0.15, -0.1) is 0 Å². The highest BCUT2D eigenvalue weighted by atomic mass is 16.6. The quantitative estimate of drug-likeness (QED) is 0.428. The number of ketones is 1. The van der Waals surface area contributed by atoms with E-state index in [4.69, 9.17) is 14.1 Å². The number of nitrogens with zero attached hydrogens (tertiary/aromatic N) is 3. The number of carbonyl (C=O) groups excluding carboxylic acids is 1. The van der Waals surface area contributed by atoms with E-state index in [1.54, 1.807) is 19.9 Å². The Morgan fingerprint density at radius 2 is 1.67 bits per heavy atom. The molecule has 0 atom stereocenters. The number of pyridine rings is 1. The van der Waals surface area contributed by atoms with Crippen LogP contribution in [0.3, 0.4) is 0 Å². The number of aromatic nitrogens is 3. The van der Waals surface area contributed by atoms with Crippen LogP contribution in [-0.2, 0) is 16.1 Å². The summed E-state index contributed by atoms with van der Waals surface area (Å²) in [5.41, 5.74) is 5.42. The largest absolute Gasteiger partial charge is 0.487 e. The van der Waals surface area contributed by atoms with E-state index in [9.17, 15) is 4.79 Å². The third-order valence-corrected chi connectivity index (χ3v) is 5.72. The minimum atomic E-state index is -0.967. The third-order valence-electron chi connectivity index (χ3n) is 5.72. The maximum atomic E-state index is 13.2. The van der Waals surface area contributed by atoms with Crippen molar-refractivity contribution in [1.29, 1.82) is 0 Å². The summed E-state index contributed by atoms with van der Waals surface area (Å²) in [5.74, 6) is 1.13. The average Bonchev–Trinajstić information content (AvgIpc) is 3.35. The number of hydrogen-bond donors (Lipinski definition) is 0. The minimum Gasteiger partial charge on any atom is -0.487 e. The second-order valence-corrected chi connectivity index (χ2v) is 8.70. The fraction of sp³-hybridized carbons (Fsp3) is 0.231. The maximum absolute atomic E-state index is 13.2. The molecule has 7 heteroatoms. The third kappa shape index (κ3) is 3.86. The molecule has 0 N–H and O–H groups in total. The van der Waals surface area contributed by atoms with Crippen LogP contribution in [0.15, 0.2) is 59.4 Å². The van der Waals surface area contributed by atoms with Gasteiger partial charge in [0, 0.05) is 11.8 Å². The standard InChI is InChI=1S/C26H23N3O4/c1-15-11-16(2)22(27-13-15)14-31-19-8-5-17(6-9-19)23-24(32-26(3,4)25(23)30)18-7-10-20-21(12-18)29-33-28-20/h5-13H,14H2,1-4H3. The topological polar surface area (TPSA) is 87.3 Å². The lowest BCUT2D eigenvalue weighted by Gasteiger charge is -2.17. The van der Waals surface area contributed by atoms with E-state index >= 15 is 0 Å². The molecule has 3 heterocycles. The van der Waals surface area contributed by atoms with Crippen LogP contribution >= 0.6 is 0 Å². The van der Waals surface area contributed by atoms with Crippen LogP contribution in [0.4, 0.5) is 0 Å². The Balaban J connectivity index is 1.45. The summed E-state index contributed by atoms with van der Waals surface area (Å²) < 4.78 is 16.8. The highest BCUT2D eigenvalue weighted by Crippen LogP contribution is 2.42. The van der Waals surface area contributed by atoms with Crippen LogP contribution in [-0.4, -0.2) is 26.7 Å². The summed E-state index contributed by atoms with van der Waals surface area (Å²) in [6.45, 7) is 7.96. The zero-order valence-electron chi connectivity index (χ0n) is 18.9. The van der Waals surface area contributed by atoms with Crippen LogP contribution in [0.1, 0.15) is 41.8 Å². The molecule has 1 aliphatic rings. The molecule has 2 aromatic carbocycles. The number of aryl methyl sites for hydroxylation is 2. The van der Waals surface area contributed by atoms with Crippen LogP contribution in [0, 0.1) is 13.8 Å². The van der Waals surface area contributed by atoms with Gasteiger partial charge in [0.05, 0.1) is 11.3 Å². The SMILES string of the molecule is Cc1cnc(COc2ccc(C3=C(c4ccc5nonc5c4)OC(C)(C)C3=O)cc2)c(C)c1. The van der Waals surface area contributed by atoms with Gasteiger partial charge < -0.3 is 9.47 Å². The molecule has 7 nitrogen and oxygen atoms in total. The van der Waals surface area contributed by atoms with Gasteiger partial charge in [-0.1, -0.05) is 18.2 Å². The lowest BCUT2D eigenvalue weighted by atomic mass is 9.92. The molecule has 0 unspecified atom stereocenters. The molecule has 0 aliphatic carbocycles. The first kappa shape index (κ1) is 20.9. The van der Waals surface area contributed by atoms with Crippen molar-refractivity contribution in [2.75, 3.05) is 0 Å². The Morgan fingerprint density at radius 3 is 2.42 bits per heavy atom. The Morgan fingerprint density at radius 1 is 0.939 bits per heavy atom. The molecule has 0 saturated carbocycles. The molecule has 0 fully saturated rings. The van der Waals surface area contributed by atoms with Crippen LogP contribution < -0.4 is 4.74 Å². The molecule has 0 spiro atoms. The fourth-order valence-electron chi connectivity index (χ4n) is 3.91. The molecule has 0 radical (unpaired) electrons. The first-order valence-electron chi connectivity index (χ1n) is 10.7. The van der Waals surface area contributed by atoms with Crippen molar-refractivity contribution < 1.29 is 18.9 Å². The minimum absolute atomic E-state index is 0.0796. The van der Waals surface area contributed by atoms with Crippen molar-refractivity contribution in [1.82, 2.24) is 15.3 Å². The predicted molar refractivity (Wildman–Crippen MR) is 123 cm³/mol. The molecular formula is C26H23N3O4. The Labute approximate surface area is 191 Å². The van der Waals surface area contributed by atoms with E-state index in [0.29, 0.717) is 34.7 Å². The van der Waals surface area contributed by atoms with Crippen LogP contribution in [0.5, 0.6) is 5.75 Å². The van der Waals surface area contributed by atoms with Gasteiger partial charge in [-0.3, -0.25) is 9.78 Å². The second-order valence-electron chi connectivity index (χ2n) is 8.70. The van der Waals surface area contributed by atoms with Crippen molar-refractivity contribution in [3.05, 3.63) is 82.7 Å². The van der Waals surface area contributed by atoms with Gasteiger partial charge in [-0.2, -0.15) is 0 Å². The monoisotopic (exact) mass is 441 g/mol. The highest BCUT2D eigenvalue weighted by Gasteiger charge is 2.42. The normalized spacial score (nSPS) is 15.2. The van der Waals surface area contributed by atoms with Gasteiger partial charge in [-0.05, 0) is 85.0 Å². The highest BCUT2D eigenvalue weighted by molar-refractivity contribution is 6.32. The number of carbonyl (C=O) groups is 1. The molecule has 0 saturated heterocycles. The average molecular weight is 441 g/mol. The molecule has 0 amide bonds. The molecule has 4 aromatic rings. The van der Waals surface area contributed by atoms with Crippen LogP contribution in [0.25, 0.3) is 22.4 Å². The van der Waals surface area contributed by atoms with Gasteiger partial charge in [0.2, 0.25) is 5.78 Å². The number of ether oxygens (including phenoxy) is 2. The van der Waals surface area contributed by atoms with Gasteiger partial charge in [0.15, 0.2) is 5.60 Å². The molecule has 166 valence electrons. The summed E-state index contributed by atoms with van der Waals surface area (Å²) in [6, 6.07) is 15.0. The van der Waals surface area contributed by atoms with E-state index in [2.05, 4.69) is 21.4 Å². The molecule has 5 rings (SSSR count). The smallest absolute Gasteiger partial charge is 0.210 e. The number of benzene rings is 2. The summed E-state index contributed by atoms with van der Waals surface area (Å²) in [7, 11) is 0. The van der Waals surface area contributed by atoms with Crippen LogP contribution in [0.2, 0.25) is 0 Å². The lowest BCUT2D eigenvalue weighted by Crippen LogP contribution is -2.29. The van der Waals surface area contributed by atoms with Gasteiger partial charge in [0.25, 0.3) is 0 Å². The number of hydrogen-bond acceptors (Lipinski definition) is 7. The first-order chi connectivity index (χ1) is 15.8. The summed E-state index contributed by atoms with van der Waals surface area (Å²) in [5, 5.41) is 7.74. The molecule has 1 aliphatic heterocycles. The van der Waals surface area contributed by atoms with E-state index in [1.807, 2.05) is 56.4 Å². The lowest BCUT2D eigenvalue weighted by molar-refractivity contribution is -0.125. The zero-order valence-corrected chi connectivity index (χ0v) is 18.9. The van der Waals surface area contributed by atoms with Crippen molar-refractivity contribution in [2.45, 2.75) is 39.9 Å². The molecule has 2 aromatic heterocycles. The summed E-state index contributed by atoms with van der Waals surface area (Å²) >= 11 is 0. The van der Waals surface area contributed by atoms with Crippen molar-refractivity contribution in [2.24, 2.45) is 0 Å². The first-order valence-corrected chi connectivity index (χ1v) is 10.7. The van der Waals surface area contributed by atoms with Gasteiger partial charge in [0.1, 0.15) is 29.1 Å². The number of fused-ring (bicyclic) bond motifs is 1. The van der Waals surface area contributed by atoms with Gasteiger partial charge >= 0.3 is 0 Å². The molecule has 33 heavy (non-hydrogen) atoms. The zero-order chi connectivity index (χ0) is 23.2. The second kappa shape index (κ2) is 7.85. The van der Waals surface area contributed by atoms with Crippen molar-refractivity contribution in [3.8, 4) is 5.75 Å². The van der Waals surface area contributed by atoms with Crippen molar-refractivity contribution >= 4 is 28.1 Å². The van der Waals surface area contributed by atoms with E-state index in [0.717, 1.165) is 27.9 Å². The van der Waals surface area contributed by atoms with Gasteiger partial charge in [-0.25, -0.2) is 4.63 Å². The molecule has 0 bridgehead atoms. The maximum Gasteiger partial charge on any atom is 0.210 e. The Bertz CT molecular complexity index is 1400. The molecular weight excluding hydrogens is 418 g/mol. The van der Waals surface area contributed by atoms with E-state index in [-0.39, 0.29) is 5.78 Å². The Hall–Kier alpha value is -4.00. The van der Waals surface area contributed by atoms with E-state index < -0.39 is 5.60 Å². The predicted octanol–water partition coefficient (Wildman–Crippen LogP) is 5.06. The van der Waals surface area contributed by atoms with E-state index in [1.165, 1.54) is 0 Å². The summed E-state index contributed by atoms with van der Waals surface area (Å²) in [4.78, 5) is 17.7. The fourth-order valence-corrected chi connectivity index (χ4v) is 3.91.